The molecule has 2 N–H and O–H groups in total. The van der Waals surface area contributed by atoms with Crippen molar-refractivity contribution >= 4 is 13.1 Å². The normalized spacial score (nSPS) is 19.8. The molecule has 5 nitrogen and oxygen atoms in total. The van der Waals surface area contributed by atoms with E-state index in [-0.39, 0.29) is 5.97 Å². The van der Waals surface area contributed by atoms with Crippen LogP contribution in [0.5, 0.6) is 0 Å². The van der Waals surface area contributed by atoms with Gasteiger partial charge in [-0.2, -0.15) is 0 Å². The minimum Gasteiger partial charge on any atom is -0.466 e. The second-order valence-electron chi connectivity index (χ2n) is 5.48. The zero-order valence-corrected chi connectivity index (χ0v) is 12.1. The van der Waals surface area contributed by atoms with Crippen LogP contribution in [0.4, 0.5) is 0 Å². The van der Waals surface area contributed by atoms with E-state index in [4.69, 9.17) is 14.8 Å². The average molecular weight is 269 g/mol. The molecule has 0 aliphatic heterocycles. The lowest BCUT2D eigenvalue weighted by Crippen LogP contribution is -2.24. The molecule has 1 atom stereocenters. The van der Waals surface area contributed by atoms with Crippen molar-refractivity contribution in [3.63, 3.8) is 0 Å². The summed E-state index contributed by atoms with van der Waals surface area (Å²) in [6.45, 7) is 0.778. The van der Waals surface area contributed by atoms with Gasteiger partial charge in [0.25, 0.3) is 0 Å². The predicted molar refractivity (Wildman–Crippen MR) is 74.6 cm³/mol. The van der Waals surface area contributed by atoms with Crippen molar-refractivity contribution in [1.82, 2.24) is 4.90 Å². The molecule has 0 fully saturated rings. The third-order valence-electron chi connectivity index (χ3n) is 3.55. The van der Waals surface area contributed by atoms with Gasteiger partial charge in [0.1, 0.15) is 0 Å². The lowest BCUT2D eigenvalue weighted by Gasteiger charge is -2.27. The van der Waals surface area contributed by atoms with E-state index in [1.165, 1.54) is 7.11 Å². The molecule has 0 aromatic heterocycles. The lowest BCUT2D eigenvalue weighted by molar-refractivity contribution is -0.136. The van der Waals surface area contributed by atoms with Crippen LogP contribution in [0, 0.1) is 5.92 Å². The summed E-state index contributed by atoms with van der Waals surface area (Å²) >= 11 is 0. The fourth-order valence-electron chi connectivity index (χ4n) is 2.60. The Morgan fingerprint density at radius 1 is 1.47 bits per heavy atom. The average Bonchev–Trinajstić information content (AvgIpc) is 2.35. The number of carbonyl (C=O) groups excluding carboxylic acids is 1. The zero-order chi connectivity index (χ0) is 14.4. The molecular formula is C13H24BNO4. The van der Waals surface area contributed by atoms with E-state index in [1.807, 2.05) is 14.1 Å². The Balaban J connectivity index is 2.72. The fraction of sp³-hybridized carbons (Fsp3) is 0.769. The predicted octanol–water partition coefficient (Wildman–Crippen LogP) is 0.681. The Labute approximate surface area is 115 Å². The van der Waals surface area contributed by atoms with E-state index < -0.39 is 7.12 Å². The van der Waals surface area contributed by atoms with Crippen molar-refractivity contribution in [3.05, 3.63) is 11.1 Å². The van der Waals surface area contributed by atoms with E-state index in [2.05, 4.69) is 4.90 Å². The molecule has 1 rings (SSSR count). The Bertz CT molecular complexity index is 342. The summed E-state index contributed by atoms with van der Waals surface area (Å²) in [6, 6.07) is 0. The van der Waals surface area contributed by atoms with Crippen molar-refractivity contribution in [3.8, 4) is 0 Å². The second kappa shape index (κ2) is 7.67. The first-order valence-electron chi connectivity index (χ1n) is 6.74. The summed E-state index contributed by atoms with van der Waals surface area (Å²) < 4.78 is 4.86. The molecule has 19 heavy (non-hydrogen) atoms. The van der Waals surface area contributed by atoms with Crippen LogP contribution in [-0.4, -0.2) is 55.8 Å². The van der Waals surface area contributed by atoms with Gasteiger partial charge in [0.15, 0.2) is 0 Å². The van der Waals surface area contributed by atoms with E-state index in [1.54, 1.807) is 0 Å². The zero-order valence-electron chi connectivity index (χ0n) is 12.1. The molecule has 0 unspecified atom stereocenters. The maximum atomic E-state index is 11.8. The highest BCUT2D eigenvalue weighted by molar-refractivity contribution is 6.40. The van der Waals surface area contributed by atoms with Gasteiger partial charge in [0.05, 0.1) is 7.11 Å². The third-order valence-corrected chi connectivity index (χ3v) is 3.55. The Hall–Kier alpha value is -0.845. The standard InChI is InChI=1S/C13H24BNO4/c1-15(2)9-11-5-4-10(6-7-14(17)18)8-12(11)13(16)19-3/h10,17-18H,4-9H2,1-3H3/t10-/m0/s1. The number of hydrogen-bond donors (Lipinski definition) is 2. The maximum Gasteiger partial charge on any atom is 0.451 e. The van der Waals surface area contributed by atoms with Crippen LogP contribution in [0.1, 0.15) is 25.7 Å². The second-order valence-corrected chi connectivity index (χ2v) is 5.48. The molecule has 1 aliphatic carbocycles. The summed E-state index contributed by atoms with van der Waals surface area (Å²) in [7, 11) is 4.12. The van der Waals surface area contributed by atoms with Gasteiger partial charge < -0.3 is 19.7 Å². The van der Waals surface area contributed by atoms with Crippen LogP contribution in [-0.2, 0) is 9.53 Å². The molecule has 0 bridgehead atoms. The Morgan fingerprint density at radius 3 is 2.68 bits per heavy atom. The van der Waals surface area contributed by atoms with Gasteiger partial charge in [-0.1, -0.05) is 6.42 Å². The smallest absolute Gasteiger partial charge is 0.451 e. The lowest BCUT2D eigenvalue weighted by atomic mass is 9.75. The van der Waals surface area contributed by atoms with Crippen LogP contribution in [0.15, 0.2) is 11.1 Å². The molecule has 108 valence electrons. The number of hydrogen-bond acceptors (Lipinski definition) is 5. The van der Waals surface area contributed by atoms with Crippen LogP contribution < -0.4 is 0 Å². The first kappa shape index (κ1) is 16.2. The first-order chi connectivity index (χ1) is 8.93. The van der Waals surface area contributed by atoms with Crippen molar-refractivity contribution in [2.24, 2.45) is 5.92 Å². The highest BCUT2D eigenvalue weighted by Gasteiger charge is 2.26. The SMILES string of the molecule is COC(=O)C1=C(CN(C)C)CC[C@@H](CCB(O)O)C1. The quantitative estimate of drug-likeness (QED) is 0.548. The molecule has 0 amide bonds. The number of nitrogens with zero attached hydrogens (tertiary/aromatic N) is 1. The van der Waals surface area contributed by atoms with Gasteiger partial charge in [-0.3, -0.25) is 0 Å². The largest absolute Gasteiger partial charge is 0.466 e. The summed E-state index contributed by atoms with van der Waals surface area (Å²) in [4.78, 5) is 13.9. The van der Waals surface area contributed by atoms with E-state index in [9.17, 15) is 4.79 Å². The maximum absolute atomic E-state index is 11.8. The van der Waals surface area contributed by atoms with Crippen LogP contribution in [0.2, 0.25) is 6.32 Å². The highest BCUT2D eigenvalue weighted by atomic mass is 16.5. The highest BCUT2D eigenvalue weighted by Crippen LogP contribution is 2.33. The van der Waals surface area contributed by atoms with Gasteiger partial charge in [-0.25, -0.2) is 4.79 Å². The molecule has 0 saturated heterocycles. The summed E-state index contributed by atoms with van der Waals surface area (Å²) in [5.41, 5.74) is 1.93. The summed E-state index contributed by atoms with van der Waals surface area (Å²) in [6.07, 6.45) is 3.66. The molecule has 0 aromatic carbocycles. The van der Waals surface area contributed by atoms with Crippen LogP contribution in [0.3, 0.4) is 0 Å². The van der Waals surface area contributed by atoms with Gasteiger partial charge in [0, 0.05) is 12.1 Å². The number of esters is 1. The van der Waals surface area contributed by atoms with Crippen LogP contribution in [0.25, 0.3) is 0 Å². The third kappa shape index (κ3) is 5.34. The Morgan fingerprint density at radius 2 is 2.16 bits per heavy atom. The molecule has 0 aromatic rings. The monoisotopic (exact) mass is 269 g/mol. The van der Waals surface area contributed by atoms with Crippen molar-refractivity contribution < 1.29 is 19.6 Å². The summed E-state index contributed by atoms with van der Waals surface area (Å²) in [5, 5.41) is 17.8. The van der Waals surface area contributed by atoms with Gasteiger partial charge >= 0.3 is 13.1 Å². The van der Waals surface area contributed by atoms with E-state index in [0.29, 0.717) is 18.7 Å². The molecule has 0 saturated carbocycles. The molecule has 1 aliphatic rings. The topological polar surface area (TPSA) is 70.0 Å². The number of ether oxygens (including phenoxy) is 1. The Kier molecular flexibility index (Phi) is 6.55. The molecule has 6 heteroatoms. The van der Waals surface area contributed by atoms with Crippen molar-refractivity contribution in [2.75, 3.05) is 27.7 Å². The van der Waals surface area contributed by atoms with Crippen LogP contribution >= 0.6 is 0 Å². The fourth-order valence-corrected chi connectivity index (χ4v) is 2.60. The number of carbonyl (C=O) groups is 1. The minimum absolute atomic E-state index is 0.244. The van der Waals surface area contributed by atoms with Gasteiger partial charge in [-0.15, -0.1) is 0 Å². The van der Waals surface area contributed by atoms with Gasteiger partial charge in [0.2, 0.25) is 0 Å². The first-order valence-corrected chi connectivity index (χ1v) is 6.74. The van der Waals surface area contributed by atoms with E-state index >= 15 is 0 Å². The molecule has 0 spiro atoms. The summed E-state index contributed by atoms with van der Waals surface area (Å²) in [5.74, 6) is 0.0907. The molecular weight excluding hydrogens is 245 g/mol. The molecule has 0 radical (unpaired) electrons. The molecule has 0 heterocycles. The van der Waals surface area contributed by atoms with Crippen molar-refractivity contribution in [2.45, 2.75) is 32.0 Å². The van der Waals surface area contributed by atoms with Crippen molar-refractivity contribution in [1.29, 1.82) is 0 Å². The number of methoxy groups -OCH3 is 1. The number of rotatable bonds is 6. The number of likely N-dealkylation sites (N-methyl/N-ethyl adjacent to an activating group) is 1. The van der Waals surface area contributed by atoms with E-state index in [0.717, 1.165) is 37.0 Å². The van der Waals surface area contributed by atoms with Gasteiger partial charge in [-0.05, 0) is 51.2 Å². The minimum atomic E-state index is -1.26.